The van der Waals surface area contributed by atoms with E-state index >= 15 is 0 Å². The Labute approximate surface area is 126 Å². The summed E-state index contributed by atoms with van der Waals surface area (Å²) < 4.78 is 1.98. The molecule has 0 aliphatic carbocycles. The summed E-state index contributed by atoms with van der Waals surface area (Å²) >= 11 is 0. The van der Waals surface area contributed by atoms with Gasteiger partial charge >= 0.3 is 0 Å². The highest BCUT2D eigenvalue weighted by Crippen LogP contribution is 2.12. The number of hydrogen-bond acceptors (Lipinski definition) is 3. The van der Waals surface area contributed by atoms with Gasteiger partial charge < -0.3 is 14.8 Å². The first-order chi connectivity index (χ1) is 9.65. The number of likely N-dealkylation sites (N-methyl/N-ethyl adjacent to an activating group) is 1. The molecule has 1 aromatic heterocycles. The molecule has 0 aliphatic rings. The molecular formula is C15H26N4O2. The molecule has 6 nitrogen and oxygen atoms in total. The Kier molecular flexibility index (Phi) is 5.52. The minimum absolute atomic E-state index is 0.124. The van der Waals surface area contributed by atoms with Gasteiger partial charge in [-0.05, 0) is 13.8 Å². The van der Waals surface area contributed by atoms with Crippen LogP contribution in [0.25, 0.3) is 0 Å². The molecule has 1 N–H and O–H groups in total. The van der Waals surface area contributed by atoms with Crippen LogP contribution in [0.1, 0.15) is 45.9 Å². The average molecular weight is 294 g/mol. The molecule has 1 rings (SSSR count). The fraction of sp³-hybridized carbons (Fsp3) is 0.667. The number of nitrogens with zero attached hydrogens (tertiary/aromatic N) is 3. The van der Waals surface area contributed by atoms with Gasteiger partial charge in [0, 0.05) is 45.4 Å². The van der Waals surface area contributed by atoms with E-state index in [4.69, 9.17) is 0 Å². The third-order valence-electron chi connectivity index (χ3n) is 3.24. The van der Waals surface area contributed by atoms with Crippen molar-refractivity contribution >= 4 is 11.8 Å². The van der Waals surface area contributed by atoms with Crippen molar-refractivity contribution in [2.75, 3.05) is 14.1 Å². The molecule has 0 fully saturated rings. The lowest BCUT2D eigenvalue weighted by molar-refractivity contribution is -0.138. The summed E-state index contributed by atoms with van der Waals surface area (Å²) in [5.41, 5.74) is -0.892. The standard InChI is InChI=1S/C15H26N4O2/c1-11(2)13-16-8-10-19(13)9-7-12(20)17-15(3,4)14(21)18(5)6/h8,10-11H,7,9H2,1-6H3,(H,17,20). The number of aryl methyl sites for hydroxylation is 1. The van der Waals surface area contributed by atoms with Gasteiger partial charge in [0.1, 0.15) is 11.4 Å². The monoisotopic (exact) mass is 294 g/mol. The zero-order valence-electron chi connectivity index (χ0n) is 13.8. The molecule has 1 aromatic rings. The van der Waals surface area contributed by atoms with E-state index in [1.54, 1.807) is 34.1 Å². The first kappa shape index (κ1) is 17.2. The molecule has 0 bridgehead atoms. The van der Waals surface area contributed by atoms with Crippen molar-refractivity contribution in [1.82, 2.24) is 19.8 Å². The Morgan fingerprint density at radius 1 is 1.38 bits per heavy atom. The lowest BCUT2D eigenvalue weighted by Crippen LogP contribution is -2.54. The van der Waals surface area contributed by atoms with Crippen molar-refractivity contribution in [3.05, 3.63) is 18.2 Å². The lowest BCUT2D eigenvalue weighted by Gasteiger charge is -2.28. The molecule has 118 valence electrons. The van der Waals surface area contributed by atoms with Gasteiger partial charge in [0.15, 0.2) is 0 Å². The van der Waals surface area contributed by atoms with E-state index < -0.39 is 5.54 Å². The van der Waals surface area contributed by atoms with Crippen LogP contribution in [0.4, 0.5) is 0 Å². The minimum Gasteiger partial charge on any atom is -0.347 e. The molecule has 6 heteroatoms. The third kappa shape index (κ3) is 4.58. The zero-order chi connectivity index (χ0) is 16.2. The molecule has 1 heterocycles. The molecule has 2 amide bonds. The molecule has 0 aliphatic heterocycles. The third-order valence-corrected chi connectivity index (χ3v) is 3.24. The predicted molar refractivity (Wildman–Crippen MR) is 81.8 cm³/mol. The topological polar surface area (TPSA) is 67.2 Å². The van der Waals surface area contributed by atoms with Crippen LogP contribution in [0, 0.1) is 0 Å². The van der Waals surface area contributed by atoms with Gasteiger partial charge in [-0.15, -0.1) is 0 Å². The highest BCUT2D eigenvalue weighted by molar-refractivity contribution is 5.90. The Balaban J connectivity index is 2.59. The molecule has 0 atom stereocenters. The number of aromatic nitrogens is 2. The summed E-state index contributed by atoms with van der Waals surface area (Å²) in [6, 6.07) is 0. The molecular weight excluding hydrogens is 268 g/mol. The second kappa shape index (κ2) is 6.74. The van der Waals surface area contributed by atoms with Crippen molar-refractivity contribution in [1.29, 1.82) is 0 Å². The fourth-order valence-corrected chi connectivity index (χ4v) is 2.26. The Hall–Kier alpha value is -1.85. The van der Waals surface area contributed by atoms with E-state index in [-0.39, 0.29) is 11.8 Å². The predicted octanol–water partition coefficient (Wildman–Crippen LogP) is 1.38. The molecule has 0 aromatic carbocycles. The van der Waals surface area contributed by atoms with Gasteiger partial charge in [-0.3, -0.25) is 9.59 Å². The largest absolute Gasteiger partial charge is 0.347 e. The highest BCUT2D eigenvalue weighted by atomic mass is 16.2. The van der Waals surface area contributed by atoms with Crippen LogP contribution >= 0.6 is 0 Å². The van der Waals surface area contributed by atoms with Gasteiger partial charge in [0.2, 0.25) is 11.8 Å². The van der Waals surface area contributed by atoms with Crippen molar-refractivity contribution in [3.63, 3.8) is 0 Å². The average Bonchev–Trinajstić information content (AvgIpc) is 2.83. The maximum Gasteiger partial charge on any atom is 0.247 e. The number of amides is 2. The Morgan fingerprint density at radius 3 is 2.52 bits per heavy atom. The van der Waals surface area contributed by atoms with Crippen molar-refractivity contribution in [2.45, 2.75) is 52.1 Å². The van der Waals surface area contributed by atoms with Gasteiger partial charge in [0.25, 0.3) is 0 Å². The minimum atomic E-state index is -0.892. The van der Waals surface area contributed by atoms with Crippen LogP contribution < -0.4 is 5.32 Å². The van der Waals surface area contributed by atoms with Crippen molar-refractivity contribution in [3.8, 4) is 0 Å². The number of rotatable bonds is 6. The first-order valence-corrected chi connectivity index (χ1v) is 7.19. The van der Waals surface area contributed by atoms with Crippen LogP contribution in [0.3, 0.4) is 0 Å². The first-order valence-electron chi connectivity index (χ1n) is 7.19. The number of carbonyl (C=O) groups is 2. The summed E-state index contributed by atoms with van der Waals surface area (Å²) in [5.74, 6) is 1.02. The van der Waals surface area contributed by atoms with Crippen LogP contribution in [-0.4, -0.2) is 45.9 Å². The lowest BCUT2D eigenvalue weighted by atomic mass is 10.0. The summed E-state index contributed by atoms with van der Waals surface area (Å²) in [5, 5.41) is 2.78. The summed E-state index contributed by atoms with van der Waals surface area (Å²) in [4.78, 5) is 29.8. The van der Waals surface area contributed by atoms with Crippen molar-refractivity contribution < 1.29 is 9.59 Å². The van der Waals surface area contributed by atoms with Gasteiger partial charge in [-0.1, -0.05) is 13.8 Å². The number of hydrogen-bond donors (Lipinski definition) is 1. The van der Waals surface area contributed by atoms with E-state index in [1.165, 1.54) is 4.90 Å². The second-order valence-corrected chi connectivity index (χ2v) is 6.26. The van der Waals surface area contributed by atoms with Crippen LogP contribution in [0.2, 0.25) is 0 Å². The summed E-state index contributed by atoms with van der Waals surface area (Å²) in [6.07, 6.45) is 3.94. The normalized spacial score (nSPS) is 11.6. The molecule has 0 unspecified atom stereocenters. The van der Waals surface area contributed by atoms with Gasteiger partial charge in [-0.25, -0.2) is 4.98 Å². The number of nitrogens with one attached hydrogen (secondary N) is 1. The van der Waals surface area contributed by atoms with E-state index in [1.807, 2.05) is 10.8 Å². The van der Waals surface area contributed by atoms with E-state index in [0.717, 1.165) is 5.82 Å². The highest BCUT2D eigenvalue weighted by Gasteiger charge is 2.30. The van der Waals surface area contributed by atoms with E-state index in [2.05, 4.69) is 24.1 Å². The van der Waals surface area contributed by atoms with Gasteiger partial charge in [-0.2, -0.15) is 0 Å². The Bertz CT molecular complexity index is 504. The van der Waals surface area contributed by atoms with Crippen LogP contribution in [0.5, 0.6) is 0 Å². The van der Waals surface area contributed by atoms with Crippen LogP contribution in [-0.2, 0) is 16.1 Å². The summed E-state index contributed by atoms with van der Waals surface area (Å²) in [6.45, 7) is 8.12. The zero-order valence-corrected chi connectivity index (χ0v) is 13.8. The van der Waals surface area contributed by atoms with Gasteiger partial charge in [0.05, 0.1) is 0 Å². The second-order valence-electron chi connectivity index (χ2n) is 6.26. The smallest absolute Gasteiger partial charge is 0.247 e. The maximum absolute atomic E-state index is 12.0. The SMILES string of the molecule is CC(C)c1nccn1CCC(=O)NC(C)(C)C(=O)N(C)C. The molecule has 0 spiro atoms. The molecule has 0 saturated carbocycles. The number of carbonyl (C=O) groups excluding carboxylic acids is 2. The van der Waals surface area contributed by atoms with E-state index in [0.29, 0.717) is 18.9 Å². The quantitative estimate of drug-likeness (QED) is 0.862. The maximum atomic E-state index is 12.0. The Morgan fingerprint density at radius 2 is 2.00 bits per heavy atom. The molecule has 0 radical (unpaired) electrons. The molecule has 21 heavy (non-hydrogen) atoms. The molecule has 0 saturated heterocycles. The van der Waals surface area contributed by atoms with Crippen molar-refractivity contribution in [2.24, 2.45) is 0 Å². The van der Waals surface area contributed by atoms with Crippen LogP contribution in [0.15, 0.2) is 12.4 Å². The van der Waals surface area contributed by atoms with E-state index in [9.17, 15) is 9.59 Å². The number of imidazole rings is 1. The summed E-state index contributed by atoms with van der Waals surface area (Å²) in [7, 11) is 3.35. The fourth-order valence-electron chi connectivity index (χ4n) is 2.26.